The second-order valence-corrected chi connectivity index (χ2v) is 7.74. The first-order valence-electron chi connectivity index (χ1n) is 9.85. The summed E-state index contributed by atoms with van der Waals surface area (Å²) in [7, 11) is 0. The van der Waals surface area contributed by atoms with Gasteiger partial charge in [0.1, 0.15) is 5.75 Å². The molecule has 1 aliphatic rings. The first kappa shape index (κ1) is 19.4. The van der Waals surface area contributed by atoms with Crippen LogP contribution in [0.4, 0.5) is 5.69 Å². The number of benzene rings is 2. The maximum Gasteiger partial charge on any atom is 0.228 e. The lowest BCUT2D eigenvalue weighted by molar-refractivity contribution is -0.121. The first-order chi connectivity index (χ1) is 13.0. The molecule has 3 rings (SSSR count). The molecule has 1 N–H and O–H groups in total. The van der Waals surface area contributed by atoms with Gasteiger partial charge in [-0.2, -0.15) is 0 Å². The van der Waals surface area contributed by atoms with E-state index >= 15 is 0 Å². The van der Waals surface area contributed by atoms with Crippen molar-refractivity contribution in [2.24, 2.45) is 5.92 Å². The highest BCUT2D eigenvalue weighted by molar-refractivity contribution is 5.92. The fourth-order valence-corrected chi connectivity index (χ4v) is 3.50. The van der Waals surface area contributed by atoms with Crippen LogP contribution in [0.3, 0.4) is 0 Å². The molecule has 0 bridgehead atoms. The Balaban J connectivity index is 1.54. The van der Waals surface area contributed by atoms with Crippen LogP contribution in [0.15, 0.2) is 48.5 Å². The van der Waals surface area contributed by atoms with Crippen molar-refractivity contribution in [3.05, 3.63) is 59.7 Å². The molecule has 1 aliphatic heterocycles. The molecule has 1 atom stereocenters. The van der Waals surface area contributed by atoms with Crippen LogP contribution in [0.25, 0.3) is 0 Å². The van der Waals surface area contributed by atoms with Crippen molar-refractivity contribution in [2.45, 2.75) is 46.3 Å². The standard InChI is InChI=1S/C23H30N2O2/c1-17(2)27-22-12-10-21(11-13-22)24-23(26)20-5-4-14-25(16-20)15-19-8-6-18(3)7-9-19/h6-13,17,20H,4-5,14-16H2,1-3H3,(H,24,26). The number of carbonyl (C=O) groups is 1. The maximum absolute atomic E-state index is 12.7. The zero-order valence-corrected chi connectivity index (χ0v) is 16.6. The predicted octanol–water partition coefficient (Wildman–Crippen LogP) is 4.63. The lowest BCUT2D eigenvalue weighted by atomic mass is 9.96. The van der Waals surface area contributed by atoms with E-state index in [9.17, 15) is 4.79 Å². The van der Waals surface area contributed by atoms with Gasteiger partial charge in [0.25, 0.3) is 0 Å². The summed E-state index contributed by atoms with van der Waals surface area (Å²) in [6.07, 6.45) is 2.16. The Labute approximate surface area is 162 Å². The molecular formula is C23H30N2O2. The highest BCUT2D eigenvalue weighted by Crippen LogP contribution is 2.22. The molecule has 4 nitrogen and oxygen atoms in total. The van der Waals surface area contributed by atoms with Gasteiger partial charge in [-0.1, -0.05) is 29.8 Å². The van der Waals surface area contributed by atoms with Crippen LogP contribution in [0.2, 0.25) is 0 Å². The summed E-state index contributed by atoms with van der Waals surface area (Å²) in [5.74, 6) is 0.974. The third-order valence-corrected chi connectivity index (χ3v) is 4.90. The minimum Gasteiger partial charge on any atom is -0.491 e. The van der Waals surface area contributed by atoms with Crippen LogP contribution >= 0.6 is 0 Å². The number of nitrogens with one attached hydrogen (secondary N) is 1. The monoisotopic (exact) mass is 366 g/mol. The Bertz CT molecular complexity index is 738. The Morgan fingerprint density at radius 3 is 2.52 bits per heavy atom. The van der Waals surface area contributed by atoms with Crippen LogP contribution < -0.4 is 10.1 Å². The average Bonchev–Trinajstić information content (AvgIpc) is 2.65. The molecular weight excluding hydrogens is 336 g/mol. The largest absolute Gasteiger partial charge is 0.491 e. The molecule has 0 saturated carbocycles. The van der Waals surface area contributed by atoms with Crippen molar-refractivity contribution in [3.63, 3.8) is 0 Å². The molecule has 4 heteroatoms. The number of rotatable bonds is 6. The molecule has 0 radical (unpaired) electrons. The summed E-state index contributed by atoms with van der Waals surface area (Å²) in [6.45, 7) is 8.88. The maximum atomic E-state index is 12.7. The van der Waals surface area contributed by atoms with Gasteiger partial charge >= 0.3 is 0 Å². The molecule has 2 aromatic carbocycles. The normalized spacial score (nSPS) is 17.7. The molecule has 27 heavy (non-hydrogen) atoms. The van der Waals surface area contributed by atoms with E-state index in [0.29, 0.717) is 0 Å². The Hall–Kier alpha value is -2.33. The highest BCUT2D eigenvalue weighted by atomic mass is 16.5. The van der Waals surface area contributed by atoms with E-state index in [-0.39, 0.29) is 17.9 Å². The SMILES string of the molecule is Cc1ccc(CN2CCCC(C(=O)Nc3ccc(OC(C)C)cc3)C2)cc1. The van der Waals surface area contributed by atoms with E-state index in [1.165, 1.54) is 11.1 Å². The number of hydrogen-bond acceptors (Lipinski definition) is 3. The van der Waals surface area contributed by atoms with E-state index in [0.717, 1.165) is 43.9 Å². The molecule has 1 heterocycles. The Morgan fingerprint density at radius 1 is 1.15 bits per heavy atom. The van der Waals surface area contributed by atoms with Gasteiger partial charge in [-0.15, -0.1) is 0 Å². The number of anilines is 1. The smallest absolute Gasteiger partial charge is 0.228 e. The van der Waals surface area contributed by atoms with Crippen molar-refractivity contribution in [1.82, 2.24) is 4.90 Å². The van der Waals surface area contributed by atoms with Gasteiger partial charge in [-0.3, -0.25) is 9.69 Å². The van der Waals surface area contributed by atoms with E-state index in [4.69, 9.17) is 4.74 Å². The molecule has 1 amide bonds. The third kappa shape index (κ3) is 5.83. The van der Waals surface area contributed by atoms with Crippen molar-refractivity contribution < 1.29 is 9.53 Å². The molecule has 1 unspecified atom stereocenters. The van der Waals surface area contributed by atoms with Crippen molar-refractivity contribution >= 4 is 11.6 Å². The molecule has 2 aromatic rings. The van der Waals surface area contributed by atoms with E-state index in [1.807, 2.05) is 38.1 Å². The number of hydrogen-bond donors (Lipinski definition) is 1. The van der Waals surface area contributed by atoms with Crippen molar-refractivity contribution in [2.75, 3.05) is 18.4 Å². The van der Waals surface area contributed by atoms with Gasteiger partial charge in [-0.25, -0.2) is 0 Å². The number of ether oxygens (including phenoxy) is 1. The number of amides is 1. The van der Waals surface area contributed by atoms with Crippen LogP contribution in [-0.2, 0) is 11.3 Å². The van der Waals surface area contributed by atoms with Gasteiger partial charge in [-0.05, 0) is 70.0 Å². The quantitative estimate of drug-likeness (QED) is 0.810. The number of nitrogens with zero attached hydrogens (tertiary/aromatic N) is 1. The molecule has 144 valence electrons. The number of aryl methyl sites for hydroxylation is 1. The summed E-state index contributed by atoms with van der Waals surface area (Å²) >= 11 is 0. The zero-order valence-electron chi connectivity index (χ0n) is 16.6. The molecule has 1 saturated heterocycles. The highest BCUT2D eigenvalue weighted by Gasteiger charge is 2.25. The Kier molecular flexibility index (Phi) is 6.51. The summed E-state index contributed by atoms with van der Waals surface area (Å²) < 4.78 is 5.65. The fraction of sp³-hybridized carbons (Fsp3) is 0.435. The van der Waals surface area contributed by atoms with Crippen LogP contribution in [0.1, 0.15) is 37.8 Å². The molecule has 1 fully saturated rings. The average molecular weight is 367 g/mol. The van der Waals surface area contributed by atoms with Crippen LogP contribution in [-0.4, -0.2) is 30.0 Å². The fourth-order valence-electron chi connectivity index (χ4n) is 3.50. The third-order valence-electron chi connectivity index (χ3n) is 4.90. The van der Waals surface area contributed by atoms with Gasteiger partial charge in [0, 0.05) is 18.8 Å². The molecule has 0 aromatic heterocycles. The Morgan fingerprint density at radius 2 is 1.85 bits per heavy atom. The van der Waals surface area contributed by atoms with Crippen LogP contribution in [0.5, 0.6) is 5.75 Å². The summed E-state index contributed by atoms with van der Waals surface area (Å²) in [4.78, 5) is 15.1. The summed E-state index contributed by atoms with van der Waals surface area (Å²) in [5.41, 5.74) is 3.41. The second kappa shape index (κ2) is 9.05. The van der Waals surface area contributed by atoms with Crippen LogP contribution in [0, 0.1) is 12.8 Å². The lowest BCUT2D eigenvalue weighted by Gasteiger charge is -2.32. The molecule has 0 aliphatic carbocycles. The van der Waals surface area contributed by atoms with Gasteiger partial charge in [0.05, 0.1) is 12.0 Å². The van der Waals surface area contributed by atoms with Crippen molar-refractivity contribution in [3.8, 4) is 5.75 Å². The second-order valence-electron chi connectivity index (χ2n) is 7.74. The minimum absolute atomic E-state index is 0.0378. The van der Waals surface area contributed by atoms with Gasteiger partial charge < -0.3 is 10.1 Å². The number of carbonyl (C=O) groups excluding carboxylic acids is 1. The summed E-state index contributed by atoms with van der Waals surface area (Å²) in [5, 5.41) is 3.06. The van der Waals surface area contributed by atoms with E-state index in [2.05, 4.69) is 41.4 Å². The number of likely N-dealkylation sites (tertiary alicyclic amines) is 1. The first-order valence-corrected chi connectivity index (χ1v) is 9.85. The topological polar surface area (TPSA) is 41.6 Å². The summed E-state index contributed by atoms with van der Waals surface area (Å²) in [6, 6.07) is 16.3. The number of piperidine rings is 1. The van der Waals surface area contributed by atoms with Crippen molar-refractivity contribution in [1.29, 1.82) is 0 Å². The van der Waals surface area contributed by atoms with E-state index in [1.54, 1.807) is 0 Å². The minimum atomic E-state index is 0.0378. The molecule has 0 spiro atoms. The van der Waals surface area contributed by atoms with E-state index < -0.39 is 0 Å². The van der Waals surface area contributed by atoms with Gasteiger partial charge in [0.2, 0.25) is 5.91 Å². The lowest BCUT2D eigenvalue weighted by Crippen LogP contribution is -2.40. The van der Waals surface area contributed by atoms with Gasteiger partial charge in [0.15, 0.2) is 0 Å². The predicted molar refractivity (Wildman–Crippen MR) is 110 cm³/mol. The zero-order chi connectivity index (χ0) is 19.2.